The van der Waals surface area contributed by atoms with E-state index in [9.17, 15) is 4.79 Å². The molecule has 3 N–H and O–H groups in total. The molecule has 23 heavy (non-hydrogen) atoms. The third-order valence-electron chi connectivity index (χ3n) is 2.89. The molecule has 0 atom stereocenters. The molecule has 2 amide bonds. The number of urea groups is 1. The van der Waals surface area contributed by atoms with Crippen molar-refractivity contribution in [3.63, 3.8) is 0 Å². The molecule has 2 aromatic rings. The Morgan fingerprint density at radius 2 is 1.96 bits per heavy atom. The first-order valence-electron chi connectivity index (χ1n) is 7.21. The molecule has 0 bridgehead atoms. The number of hydrazone groups is 1. The summed E-state index contributed by atoms with van der Waals surface area (Å²) in [5.41, 5.74) is 8.92. The second kappa shape index (κ2) is 8.43. The van der Waals surface area contributed by atoms with Gasteiger partial charge in [0.25, 0.3) is 0 Å². The van der Waals surface area contributed by atoms with Crippen molar-refractivity contribution in [2.75, 3.05) is 6.61 Å². The minimum Gasteiger partial charge on any atom is -0.490 e. The maximum absolute atomic E-state index is 10.6. The van der Waals surface area contributed by atoms with Crippen LogP contribution in [0, 0.1) is 0 Å². The zero-order valence-electron chi connectivity index (χ0n) is 12.9. The van der Waals surface area contributed by atoms with Crippen molar-refractivity contribution in [1.29, 1.82) is 0 Å². The molecule has 0 aliphatic carbocycles. The lowest BCUT2D eigenvalue weighted by molar-refractivity contribution is 0.249. The van der Waals surface area contributed by atoms with Crippen molar-refractivity contribution in [2.45, 2.75) is 13.5 Å². The fraction of sp³-hybridized carbons (Fsp3) is 0.176. The smallest absolute Gasteiger partial charge is 0.332 e. The zero-order chi connectivity index (χ0) is 16.5. The van der Waals surface area contributed by atoms with Gasteiger partial charge in [-0.15, -0.1) is 0 Å². The van der Waals surface area contributed by atoms with Crippen LogP contribution in [0.25, 0.3) is 0 Å². The summed E-state index contributed by atoms with van der Waals surface area (Å²) in [6.07, 6.45) is 1.48. The summed E-state index contributed by atoms with van der Waals surface area (Å²) in [5.74, 6) is 1.27. The lowest BCUT2D eigenvalue weighted by Gasteiger charge is -2.12. The molecule has 120 valence electrons. The summed E-state index contributed by atoms with van der Waals surface area (Å²) < 4.78 is 11.4. The van der Waals surface area contributed by atoms with Crippen LogP contribution in [0.2, 0.25) is 0 Å². The van der Waals surface area contributed by atoms with Crippen molar-refractivity contribution in [2.24, 2.45) is 10.8 Å². The SMILES string of the molecule is CCOc1cc(C=NNC(N)=O)ccc1OCc1ccccc1. The minimum absolute atomic E-state index is 0.456. The summed E-state index contributed by atoms with van der Waals surface area (Å²) in [7, 11) is 0. The van der Waals surface area contributed by atoms with E-state index in [0.29, 0.717) is 24.7 Å². The molecular weight excluding hydrogens is 294 g/mol. The van der Waals surface area contributed by atoms with Gasteiger partial charge in [-0.1, -0.05) is 30.3 Å². The molecule has 6 nitrogen and oxygen atoms in total. The quantitative estimate of drug-likeness (QED) is 0.608. The van der Waals surface area contributed by atoms with E-state index in [1.165, 1.54) is 6.21 Å². The van der Waals surface area contributed by atoms with Gasteiger partial charge in [-0.3, -0.25) is 0 Å². The highest BCUT2D eigenvalue weighted by Gasteiger charge is 2.06. The highest BCUT2D eigenvalue weighted by molar-refractivity contribution is 5.82. The van der Waals surface area contributed by atoms with Gasteiger partial charge in [0.05, 0.1) is 12.8 Å². The minimum atomic E-state index is -0.714. The second-order valence-electron chi connectivity index (χ2n) is 4.65. The molecule has 0 aromatic heterocycles. The third-order valence-corrected chi connectivity index (χ3v) is 2.89. The van der Waals surface area contributed by atoms with E-state index in [2.05, 4.69) is 10.5 Å². The predicted molar refractivity (Wildman–Crippen MR) is 88.7 cm³/mol. The number of benzene rings is 2. The Balaban J connectivity index is 2.09. The lowest BCUT2D eigenvalue weighted by atomic mass is 10.2. The van der Waals surface area contributed by atoms with E-state index in [-0.39, 0.29) is 0 Å². The number of ether oxygens (including phenoxy) is 2. The van der Waals surface area contributed by atoms with Gasteiger partial charge in [0, 0.05) is 0 Å². The largest absolute Gasteiger partial charge is 0.490 e. The Morgan fingerprint density at radius 3 is 2.65 bits per heavy atom. The maximum atomic E-state index is 10.6. The van der Waals surface area contributed by atoms with Gasteiger partial charge < -0.3 is 15.2 Å². The Bertz CT molecular complexity index is 672. The summed E-state index contributed by atoms with van der Waals surface area (Å²) in [5, 5.41) is 3.72. The molecule has 0 aliphatic rings. The van der Waals surface area contributed by atoms with Gasteiger partial charge in [0.1, 0.15) is 6.61 Å². The number of nitrogens with zero attached hydrogens (tertiary/aromatic N) is 1. The monoisotopic (exact) mass is 313 g/mol. The Morgan fingerprint density at radius 1 is 1.17 bits per heavy atom. The van der Waals surface area contributed by atoms with Gasteiger partial charge in [-0.2, -0.15) is 5.10 Å². The van der Waals surface area contributed by atoms with Gasteiger partial charge in [-0.05, 0) is 36.2 Å². The van der Waals surface area contributed by atoms with Crippen LogP contribution >= 0.6 is 0 Å². The van der Waals surface area contributed by atoms with E-state index in [1.54, 1.807) is 12.1 Å². The first kappa shape index (κ1) is 16.4. The Kier molecular flexibility index (Phi) is 5.99. The van der Waals surface area contributed by atoms with Crippen molar-refractivity contribution < 1.29 is 14.3 Å². The maximum Gasteiger partial charge on any atom is 0.332 e. The van der Waals surface area contributed by atoms with Crippen LogP contribution in [0.3, 0.4) is 0 Å². The summed E-state index contributed by atoms with van der Waals surface area (Å²) in [4.78, 5) is 10.6. The molecule has 0 fully saturated rings. The van der Waals surface area contributed by atoms with E-state index < -0.39 is 6.03 Å². The first-order valence-corrected chi connectivity index (χ1v) is 7.21. The average molecular weight is 313 g/mol. The van der Waals surface area contributed by atoms with Crippen LogP contribution in [0.5, 0.6) is 11.5 Å². The Hall–Kier alpha value is -3.02. The van der Waals surface area contributed by atoms with Crippen molar-refractivity contribution >= 4 is 12.2 Å². The fourth-order valence-electron chi connectivity index (χ4n) is 1.90. The van der Waals surface area contributed by atoms with E-state index in [4.69, 9.17) is 15.2 Å². The predicted octanol–water partition coefficient (Wildman–Crippen LogP) is 2.67. The number of carbonyl (C=O) groups excluding carboxylic acids is 1. The zero-order valence-corrected chi connectivity index (χ0v) is 12.9. The third kappa shape index (κ3) is 5.35. The molecule has 0 saturated carbocycles. The van der Waals surface area contributed by atoms with Crippen LogP contribution in [0.4, 0.5) is 4.79 Å². The van der Waals surface area contributed by atoms with Gasteiger partial charge in [0.2, 0.25) is 0 Å². The summed E-state index contributed by atoms with van der Waals surface area (Å²) in [6.45, 7) is 2.87. The molecule has 0 heterocycles. The van der Waals surface area contributed by atoms with Gasteiger partial charge in [0.15, 0.2) is 11.5 Å². The standard InChI is InChI=1S/C17H19N3O3/c1-2-22-16-10-14(11-19-20-17(18)21)8-9-15(16)23-12-13-6-4-3-5-7-13/h3-11H,2,12H2,1H3,(H3,18,20,21). The number of hydrogen-bond donors (Lipinski definition) is 2. The molecule has 0 spiro atoms. The normalized spacial score (nSPS) is 10.5. The lowest BCUT2D eigenvalue weighted by Crippen LogP contribution is -2.24. The fourth-order valence-corrected chi connectivity index (χ4v) is 1.90. The summed E-state index contributed by atoms with van der Waals surface area (Å²) in [6, 6.07) is 14.6. The highest BCUT2D eigenvalue weighted by Crippen LogP contribution is 2.28. The molecule has 0 saturated heterocycles. The number of nitrogens with two attached hydrogens (primary N) is 1. The first-order chi connectivity index (χ1) is 11.2. The van der Waals surface area contributed by atoms with Crippen molar-refractivity contribution in [3.05, 3.63) is 59.7 Å². The van der Waals surface area contributed by atoms with Gasteiger partial charge in [-0.25, -0.2) is 10.2 Å². The van der Waals surface area contributed by atoms with Crippen LogP contribution in [0.1, 0.15) is 18.1 Å². The molecule has 2 rings (SSSR count). The number of primary amides is 1. The molecule has 0 aliphatic heterocycles. The average Bonchev–Trinajstić information content (AvgIpc) is 2.55. The number of carbonyl (C=O) groups is 1. The van der Waals surface area contributed by atoms with Gasteiger partial charge >= 0.3 is 6.03 Å². The summed E-state index contributed by atoms with van der Waals surface area (Å²) >= 11 is 0. The number of amides is 2. The number of hydrogen-bond acceptors (Lipinski definition) is 4. The van der Waals surface area contributed by atoms with Crippen molar-refractivity contribution in [3.8, 4) is 11.5 Å². The number of nitrogens with one attached hydrogen (secondary N) is 1. The van der Waals surface area contributed by atoms with E-state index in [1.807, 2.05) is 43.3 Å². The van der Waals surface area contributed by atoms with Crippen LogP contribution in [0.15, 0.2) is 53.6 Å². The molecule has 2 aromatic carbocycles. The number of rotatable bonds is 7. The molecule has 0 unspecified atom stereocenters. The Labute approximate surface area is 134 Å². The van der Waals surface area contributed by atoms with Crippen LogP contribution < -0.4 is 20.6 Å². The van der Waals surface area contributed by atoms with Crippen molar-refractivity contribution in [1.82, 2.24) is 5.43 Å². The molecule has 6 heteroatoms. The molecular formula is C17H19N3O3. The highest BCUT2D eigenvalue weighted by atomic mass is 16.5. The topological polar surface area (TPSA) is 85.9 Å². The van der Waals surface area contributed by atoms with E-state index in [0.717, 1.165) is 11.1 Å². The van der Waals surface area contributed by atoms with Crippen LogP contribution in [-0.2, 0) is 6.61 Å². The molecule has 0 radical (unpaired) electrons. The van der Waals surface area contributed by atoms with Crippen LogP contribution in [-0.4, -0.2) is 18.9 Å². The second-order valence-corrected chi connectivity index (χ2v) is 4.65. The van der Waals surface area contributed by atoms with E-state index >= 15 is 0 Å².